The number of benzene rings is 1. The molecule has 0 radical (unpaired) electrons. The summed E-state index contributed by atoms with van der Waals surface area (Å²) in [5.41, 5.74) is 8.71. The molecule has 17 heavy (non-hydrogen) atoms. The second kappa shape index (κ2) is 4.41. The van der Waals surface area contributed by atoms with Crippen LogP contribution >= 0.6 is 0 Å². The summed E-state index contributed by atoms with van der Waals surface area (Å²) in [5.74, 6) is 0.486. The van der Waals surface area contributed by atoms with Gasteiger partial charge >= 0.3 is 0 Å². The zero-order chi connectivity index (χ0) is 12.4. The topological polar surface area (TPSA) is 50.9 Å². The number of nitrogens with zero attached hydrogens (tertiary/aromatic N) is 1. The van der Waals surface area contributed by atoms with E-state index in [0.29, 0.717) is 17.1 Å². The minimum atomic E-state index is -0.211. The summed E-state index contributed by atoms with van der Waals surface area (Å²) < 4.78 is 13.1. The standard InChI is InChI=1S/C13H14FN3/c1-8-5-10(3-4-11(8)14)17-13-6-9(2)12(15)7-16-13/h3-7H,15H2,1-2H3,(H,16,17). The number of pyridine rings is 1. The lowest BCUT2D eigenvalue weighted by atomic mass is 10.2. The minimum Gasteiger partial charge on any atom is -0.397 e. The highest BCUT2D eigenvalue weighted by atomic mass is 19.1. The molecule has 1 aromatic heterocycles. The van der Waals surface area contributed by atoms with E-state index in [9.17, 15) is 4.39 Å². The van der Waals surface area contributed by atoms with Crippen molar-refractivity contribution >= 4 is 17.2 Å². The van der Waals surface area contributed by atoms with Crippen LogP contribution in [0.25, 0.3) is 0 Å². The molecule has 0 fully saturated rings. The van der Waals surface area contributed by atoms with Crippen molar-refractivity contribution in [3.8, 4) is 0 Å². The molecular formula is C13H14FN3. The van der Waals surface area contributed by atoms with Crippen molar-refractivity contribution in [1.29, 1.82) is 0 Å². The molecule has 0 saturated carbocycles. The Morgan fingerprint density at radius 1 is 1.18 bits per heavy atom. The predicted molar refractivity (Wildman–Crippen MR) is 67.8 cm³/mol. The number of hydrogen-bond donors (Lipinski definition) is 2. The molecule has 4 heteroatoms. The van der Waals surface area contributed by atoms with Gasteiger partial charge in [0.05, 0.1) is 11.9 Å². The van der Waals surface area contributed by atoms with Gasteiger partial charge in [-0.05, 0) is 49.2 Å². The second-order valence-corrected chi connectivity index (χ2v) is 4.02. The van der Waals surface area contributed by atoms with Crippen LogP contribution < -0.4 is 11.1 Å². The Morgan fingerprint density at radius 3 is 2.59 bits per heavy atom. The number of anilines is 3. The smallest absolute Gasteiger partial charge is 0.130 e. The Labute approximate surface area is 99.5 Å². The van der Waals surface area contributed by atoms with E-state index < -0.39 is 0 Å². The van der Waals surface area contributed by atoms with E-state index in [-0.39, 0.29) is 5.82 Å². The quantitative estimate of drug-likeness (QED) is 0.834. The van der Waals surface area contributed by atoms with Gasteiger partial charge in [-0.2, -0.15) is 0 Å². The lowest BCUT2D eigenvalue weighted by molar-refractivity contribution is 0.619. The third-order valence-corrected chi connectivity index (χ3v) is 2.58. The fourth-order valence-corrected chi connectivity index (χ4v) is 1.51. The first-order valence-electron chi connectivity index (χ1n) is 5.31. The lowest BCUT2D eigenvalue weighted by Gasteiger charge is -2.08. The molecule has 0 bridgehead atoms. The van der Waals surface area contributed by atoms with Crippen LogP contribution in [0.5, 0.6) is 0 Å². The van der Waals surface area contributed by atoms with Gasteiger partial charge in [-0.1, -0.05) is 0 Å². The summed E-state index contributed by atoms with van der Waals surface area (Å²) in [4.78, 5) is 4.16. The molecule has 3 nitrogen and oxygen atoms in total. The molecule has 0 aliphatic carbocycles. The number of halogens is 1. The highest BCUT2D eigenvalue weighted by Crippen LogP contribution is 2.20. The van der Waals surface area contributed by atoms with Crippen LogP contribution in [0.2, 0.25) is 0 Å². The number of rotatable bonds is 2. The van der Waals surface area contributed by atoms with Gasteiger partial charge in [0.1, 0.15) is 11.6 Å². The number of hydrogen-bond acceptors (Lipinski definition) is 3. The number of nitrogen functional groups attached to an aromatic ring is 1. The number of nitrogens with one attached hydrogen (secondary N) is 1. The third kappa shape index (κ3) is 2.53. The van der Waals surface area contributed by atoms with Crippen molar-refractivity contribution in [2.75, 3.05) is 11.1 Å². The van der Waals surface area contributed by atoms with Crippen LogP contribution in [0.1, 0.15) is 11.1 Å². The van der Waals surface area contributed by atoms with Crippen molar-refractivity contribution < 1.29 is 4.39 Å². The first-order chi connectivity index (χ1) is 8.06. The molecule has 0 aliphatic rings. The second-order valence-electron chi connectivity index (χ2n) is 4.02. The molecule has 2 rings (SSSR count). The maximum Gasteiger partial charge on any atom is 0.130 e. The number of aryl methyl sites for hydroxylation is 2. The Bertz CT molecular complexity index is 503. The number of aromatic nitrogens is 1. The molecule has 1 aromatic carbocycles. The summed E-state index contributed by atoms with van der Waals surface area (Å²) in [5, 5.41) is 3.11. The van der Waals surface area contributed by atoms with E-state index in [2.05, 4.69) is 10.3 Å². The van der Waals surface area contributed by atoms with Gasteiger partial charge in [-0.15, -0.1) is 0 Å². The molecule has 0 aliphatic heterocycles. The Kier molecular flexibility index (Phi) is 2.95. The third-order valence-electron chi connectivity index (χ3n) is 2.58. The van der Waals surface area contributed by atoms with Crippen molar-refractivity contribution in [2.24, 2.45) is 0 Å². The maximum atomic E-state index is 13.1. The molecule has 0 unspecified atom stereocenters. The molecule has 88 valence electrons. The van der Waals surface area contributed by atoms with Crippen molar-refractivity contribution in [3.63, 3.8) is 0 Å². The van der Waals surface area contributed by atoms with Crippen LogP contribution in [0.15, 0.2) is 30.5 Å². The summed E-state index contributed by atoms with van der Waals surface area (Å²) in [6.45, 7) is 3.64. The van der Waals surface area contributed by atoms with E-state index in [1.807, 2.05) is 13.0 Å². The Hall–Kier alpha value is -2.10. The largest absolute Gasteiger partial charge is 0.397 e. The van der Waals surface area contributed by atoms with Gasteiger partial charge in [-0.25, -0.2) is 9.37 Å². The average Bonchev–Trinajstić information content (AvgIpc) is 2.29. The maximum absolute atomic E-state index is 13.1. The average molecular weight is 231 g/mol. The van der Waals surface area contributed by atoms with Gasteiger partial charge < -0.3 is 11.1 Å². The van der Waals surface area contributed by atoms with Gasteiger partial charge in [-0.3, -0.25) is 0 Å². The van der Waals surface area contributed by atoms with E-state index in [4.69, 9.17) is 5.73 Å². The van der Waals surface area contributed by atoms with Gasteiger partial charge in [0, 0.05) is 5.69 Å². The fourth-order valence-electron chi connectivity index (χ4n) is 1.51. The van der Waals surface area contributed by atoms with Crippen LogP contribution in [0, 0.1) is 19.7 Å². The van der Waals surface area contributed by atoms with Crippen molar-refractivity contribution in [3.05, 3.63) is 47.4 Å². The summed E-state index contributed by atoms with van der Waals surface area (Å²) in [6, 6.07) is 6.70. The van der Waals surface area contributed by atoms with Gasteiger partial charge in [0.2, 0.25) is 0 Å². The summed E-state index contributed by atoms with van der Waals surface area (Å²) in [6.07, 6.45) is 1.61. The zero-order valence-electron chi connectivity index (χ0n) is 9.79. The Balaban J connectivity index is 2.25. The summed E-state index contributed by atoms with van der Waals surface area (Å²) in [7, 11) is 0. The highest BCUT2D eigenvalue weighted by molar-refractivity contribution is 5.60. The van der Waals surface area contributed by atoms with Crippen molar-refractivity contribution in [2.45, 2.75) is 13.8 Å². The Morgan fingerprint density at radius 2 is 1.94 bits per heavy atom. The monoisotopic (exact) mass is 231 g/mol. The predicted octanol–water partition coefficient (Wildman–Crippen LogP) is 3.16. The normalized spacial score (nSPS) is 10.3. The molecule has 0 saturated heterocycles. The number of nitrogens with two attached hydrogens (primary N) is 1. The molecule has 0 atom stereocenters. The molecule has 2 aromatic rings. The fraction of sp³-hybridized carbons (Fsp3) is 0.154. The van der Waals surface area contributed by atoms with Crippen LogP contribution in [0.4, 0.5) is 21.6 Å². The molecule has 3 N–H and O–H groups in total. The van der Waals surface area contributed by atoms with E-state index in [1.165, 1.54) is 6.07 Å². The van der Waals surface area contributed by atoms with E-state index in [1.54, 1.807) is 25.3 Å². The van der Waals surface area contributed by atoms with Crippen LogP contribution in [-0.4, -0.2) is 4.98 Å². The molecule has 0 amide bonds. The molecule has 1 heterocycles. The first-order valence-corrected chi connectivity index (χ1v) is 5.31. The molecule has 0 spiro atoms. The van der Waals surface area contributed by atoms with Gasteiger partial charge in [0.25, 0.3) is 0 Å². The first kappa shape index (κ1) is 11.4. The van der Waals surface area contributed by atoms with E-state index in [0.717, 1.165) is 11.3 Å². The minimum absolute atomic E-state index is 0.211. The molecular weight excluding hydrogens is 217 g/mol. The summed E-state index contributed by atoms with van der Waals surface area (Å²) >= 11 is 0. The van der Waals surface area contributed by atoms with Crippen molar-refractivity contribution in [1.82, 2.24) is 4.98 Å². The van der Waals surface area contributed by atoms with E-state index >= 15 is 0 Å². The SMILES string of the molecule is Cc1cc(Nc2ccc(F)c(C)c2)ncc1N. The zero-order valence-corrected chi connectivity index (χ0v) is 9.79. The lowest BCUT2D eigenvalue weighted by Crippen LogP contribution is -1.97. The van der Waals surface area contributed by atoms with Gasteiger partial charge in [0.15, 0.2) is 0 Å². The van der Waals surface area contributed by atoms with Crippen LogP contribution in [0.3, 0.4) is 0 Å². The highest BCUT2D eigenvalue weighted by Gasteiger charge is 2.01. The van der Waals surface area contributed by atoms with Crippen LogP contribution in [-0.2, 0) is 0 Å².